The van der Waals surface area contributed by atoms with Gasteiger partial charge in [0.2, 0.25) is 0 Å². The van der Waals surface area contributed by atoms with Crippen molar-refractivity contribution in [1.29, 1.82) is 0 Å². The summed E-state index contributed by atoms with van der Waals surface area (Å²) < 4.78 is 0. The summed E-state index contributed by atoms with van der Waals surface area (Å²) in [5.74, 6) is 0. The molecule has 1 radical (unpaired) electrons. The fraction of sp³-hybridized carbons (Fsp3) is 0.250. The van der Waals surface area contributed by atoms with E-state index in [0.717, 1.165) is 0 Å². The maximum Gasteiger partial charge on any atom is 0.169 e. The van der Waals surface area contributed by atoms with E-state index in [0.29, 0.717) is 10.7 Å². The Bertz CT molecular complexity index is 151. The molecule has 0 unspecified atom stereocenters. The Hall–Kier alpha value is -0.0000000000000000555. The van der Waals surface area contributed by atoms with E-state index in [4.69, 9.17) is 28.0 Å². The van der Waals surface area contributed by atoms with Crippen LogP contribution in [0.2, 0.25) is 0 Å². The standard InChI is InChI=1S/C4H6Cl2N3O/c1-10-9-7-3(5)2-4(6)8-9/h2,7-8H,1H3. The number of rotatable bonds is 1. The van der Waals surface area contributed by atoms with Crippen molar-refractivity contribution < 1.29 is 4.84 Å². The molecule has 0 saturated carbocycles. The number of hydrogen-bond acceptors (Lipinski definition) is 4. The first-order chi connectivity index (χ1) is 4.72. The van der Waals surface area contributed by atoms with Crippen LogP contribution in [0.1, 0.15) is 0 Å². The van der Waals surface area contributed by atoms with E-state index < -0.39 is 0 Å². The zero-order valence-electron chi connectivity index (χ0n) is 5.19. The molecule has 57 valence electrons. The monoisotopic (exact) mass is 182 g/mol. The normalized spacial score (nSPS) is 22.1. The first-order valence-electron chi connectivity index (χ1n) is 2.49. The minimum Gasteiger partial charge on any atom is -0.271 e. The van der Waals surface area contributed by atoms with Crippen LogP contribution >= 0.6 is 23.2 Å². The van der Waals surface area contributed by atoms with Gasteiger partial charge in [-0.05, 0) is 11.4 Å². The first-order valence-corrected chi connectivity index (χ1v) is 3.25. The van der Waals surface area contributed by atoms with Crippen molar-refractivity contribution >= 4 is 23.2 Å². The zero-order valence-corrected chi connectivity index (χ0v) is 6.70. The third-order valence-corrected chi connectivity index (χ3v) is 1.24. The highest BCUT2D eigenvalue weighted by atomic mass is 35.5. The summed E-state index contributed by atoms with van der Waals surface area (Å²) in [7, 11) is 1.47. The highest BCUT2D eigenvalue weighted by molar-refractivity contribution is 6.32. The van der Waals surface area contributed by atoms with Crippen LogP contribution in [0, 0.1) is 5.50 Å². The summed E-state index contributed by atoms with van der Waals surface area (Å²) >= 11 is 11.1. The van der Waals surface area contributed by atoms with Crippen molar-refractivity contribution in [3.8, 4) is 0 Å². The predicted molar refractivity (Wildman–Crippen MR) is 38.2 cm³/mol. The second-order valence-corrected chi connectivity index (χ2v) is 2.36. The van der Waals surface area contributed by atoms with Gasteiger partial charge in [0.25, 0.3) is 0 Å². The lowest BCUT2D eigenvalue weighted by atomic mass is 10.6. The van der Waals surface area contributed by atoms with Gasteiger partial charge < -0.3 is 0 Å². The number of nitrogens with zero attached hydrogens (tertiary/aromatic N) is 1. The van der Waals surface area contributed by atoms with E-state index in [2.05, 4.69) is 10.9 Å². The van der Waals surface area contributed by atoms with Crippen LogP contribution in [0.15, 0.2) is 11.2 Å². The van der Waals surface area contributed by atoms with E-state index in [-0.39, 0.29) is 0 Å². The van der Waals surface area contributed by atoms with Crippen LogP contribution in [0.5, 0.6) is 0 Å². The molecule has 0 amide bonds. The molecule has 4 nitrogen and oxygen atoms in total. The van der Waals surface area contributed by atoms with Gasteiger partial charge in [0.1, 0.15) is 5.16 Å². The second-order valence-electron chi connectivity index (χ2n) is 1.54. The second kappa shape index (κ2) is 3.41. The van der Waals surface area contributed by atoms with E-state index in [9.17, 15) is 0 Å². The molecular formula is C4H6Cl2N3O. The molecular weight excluding hydrogens is 177 g/mol. The van der Waals surface area contributed by atoms with Crippen molar-refractivity contribution in [3.63, 3.8) is 0 Å². The molecule has 0 aliphatic carbocycles. The summed E-state index contributed by atoms with van der Waals surface area (Å²) in [5.41, 5.74) is 5.63. The average molecular weight is 183 g/mol. The van der Waals surface area contributed by atoms with Gasteiger partial charge in [0.05, 0.1) is 7.11 Å². The fourth-order valence-corrected chi connectivity index (χ4v) is 0.917. The van der Waals surface area contributed by atoms with Crippen molar-refractivity contribution in [3.05, 3.63) is 16.7 Å². The van der Waals surface area contributed by atoms with E-state index >= 15 is 0 Å². The number of halogens is 2. The van der Waals surface area contributed by atoms with Gasteiger partial charge in [-0.15, -0.1) is 0 Å². The highest BCUT2D eigenvalue weighted by Crippen LogP contribution is 2.13. The molecule has 0 atom stereocenters. The third-order valence-electron chi connectivity index (χ3n) is 0.853. The predicted octanol–water partition coefficient (Wildman–Crippen LogP) is 0.681. The third kappa shape index (κ3) is 2.00. The molecule has 0 bridgehead atoms. The summed E-state index contributed by atoms with van der Waals surface area (Å²) in [6.07, 6.45) is 1.53. The van der Waals surface area contributed by atoms with Crippen LogP contribution in [0.4, 0.5) is 0 Å². The number of hydrogen-bond donors (Lipinski definition) is 2. The molecule has 0 saturated heterocycles. The fourth-order valence-electron chi connectivity index (χ4n) is 0.489. The van der Waals surface area contributed by atoms with Gasteiger partial charge in [-0.2, -0.15) is 5.43 Å². The molecule has 0 aromatic heterocycles. The maximum atomic E-state index is 5.57. The first kappa shape index (κ1) is 8.10. The lowest BCUT2D eigenvalue weighted by molar-refractivity contribution is -0.198. The molecule has 10 heavy (non-hydrogen) atoms. The lowest BCUT2D eigenvalue weighted by Crippen LogP contribution is -2.49. The van der Waals surface area contributed by atoms with Crippen molar-refractivity contribution in [1.82, 2.24) is 16.1 Å². The lowest BCUT2D eigenvalue weighted by Gasteiger charge is -2.26. The van der Waals surface area contributed by atoms with Gasteiger partial charge in [-0.25, -0.2) is 0 Å². The Balaban J connectivity index is 2.52. The van der Waals surface area contributed by atoms with E-state index in [1.807, 2.05) is 0 Å². The van der Waals surface area contributed by atoms with Crippen LogP contribution < -0.4 is 10.9 Å². The van der Waals surface area contributed by atoms with Crippen molar-refractivity contribution in [2.24, 2.45) is 0 Å². The minimum absolute atomic E-state index is 0.394. The molecule has 0 aromatic rings. The maximum absolute atomic E-state index is 5.57. The largest absolute Gasteiger partial charge is 0.271 e. The average Bonchev–Trinajstić information content (AvgIpc) is 1.85. The van der Waals surface area contributed by atoms with Gasteiger partial charge >= 0.3 is 0 Å². The quantitative estimate of drug-likeness (QED) is 0.586. The van der Waals surface area contributed by atoms with Gasteiger partial charge in [-0.3, -0.25) is 10.3 Å². The summed E-state index contributed by atoms with van der Waals surface area (Å²) in [4.78, 5) is 4.71. The molecule has 1 rings (SSSR count). The summed E-state index contributed by atoms with van der Waals surface area (Å²) in [5, 5.41) is 1.58. The Morgan fingerprint density at radius 1 is 1.50 bits per heavy atom. The van der Waals surface area contributed by atoms with Crippen LogP contribution in [-0.4, -0.2) is 12.4 Å². The Labute approximate surface area is 68.6 Å². The van der Waals surface area contributed by atoms with Crippen molar-refractivity contribution in [2.75, 3.05) is 7.11 Å². The number of nitrogens with one attached hydrogen (secondary N) is 2. The molecule has 2 N–H and O–H groups in total. The summed E-state index contributed by atoms with van der Waals surface area (Å²) in [6.45, 7) is 0. The zero-order chi connectivity index (χ0) is 7.56. The van der Waals surface area contributed by atoms with E-state index in [1.165, 1.54) is 18.5 Å². The van der Waals surface area contributed by atoms with Crippen LogP contribution in [0.3, 0.4) is 0 Å². The van der Waals surface area contributed by atoms with E-state index in [1.54, 1.807) is 0 Å². The molecule has 1 heterocycles. The highest BCUT2D eigenvalue weighted by Gasteiger charge is 2.15. The molecule has 0 spiro atoms. The smallest absolute Gasteiger partial charge is 0.169 e. The molecule has 6 heteroatoms. The van der Waals surface area contributed by atoms with Gasteiger partial charge in [-0.1, -0.05) is 23.2 Å². The Morgan fingerprint density at radius 2 is 2.20 bits per heavy atom. The molecule has 0 aromatic carbocycles. The Morgan fingerprint density at radius 3 is 2.70 bits per heavy atom. The topological polar surface area (TPSA) is 36.5 Å². The van der Waals surface area contributed by atoms with Gasteiger partial charge in [0.15, 0.2) is 5.50 Å². The minimum atomic E-state index is 0.394. The Kier molecular flexibility index (Phi) is 2.76. The summed E-state index contributed by atoms with van der Waals surface area (Å²) in [6, 6.07) is 0. The van der Waals surface area contributed by atoms with Crippen LogP contribution in [0.25, 0.3) is 0 Å². The molecule has 1 aliphatic heterocycles. The van der Waals surface area contributed by atoms with Crippen LogP contribution in [-0.2, 0) is 4.84 Å². The molecule has 1 aliphatic rings. The van der Waals surface area contributed by atoms with Gasteiger partial charge in [0, 0.05) is 0 Å². The van der Waals surface area contributed by atoms with Crippen molar-refractivity contribution in [2.45, 2.75) is 0 Å². The number of hydrazine groups is 2. The molecule has 0 fully saturated rings. The SMILES string of the molecule is CON1N[C](Cl)C=C(Cl)N1.